The van der Waals surface area contributed by atoms with Gasteiger partial charge in [-0.3, -0.25) is 4.79 Å². The predicted octanol–water partition coefficient (Wildman–Crippen LogP) is 0.572. The van der Waals surface area contributed by atoms with Crippen LogP contribution >= 0.6 is 0 Å². The lowest BCUT2D eigenvalue weighted by molar-refractivity contribution is -0.130. The second-order valence-electron chi connectivity index (χ2n) is 5.18. The maximum Gasteiger partial charge on any atom is 0.156 e. The van der Waals surface area contributed by atoms with E-state index < -0.39 is 0 Å². The number of Topliss-reactive ketones (excluding diaryl/α,β-unsaturated/α-hetero) is 1. The standard InChI is InChI=1S/C11H19NO2/c1-10-5-4-7(11(10,2)6-13)8(12-3)9(10)14/h7-8,12-13H,4-6H2,1-3H3. The molecule has 2 saturated carbocycles. The molecule has 0 heterocycles. The van der Waals surface area contributed by atoms with Crippen molar-refractivity contribution in [2.24, 2.45) is 16.7 Å². The Hall–Kier alpha value is -0.410. The molecular weight excluding hydrogens is 178 g/mol. The predicted molar refractivity (Wildman–Crippen MR) is 53.9 cm³/mol. The zero-order valence-electron chi connectivity index (χ0n) is 9.13. The molecule has 0 aliphatic heterocycles. The van der Waals surface area contributed by atoms with E-state index in [1.54, 1.807) is 0 Å². The van der Waals surface area contributed by atoms with Crippen LogP contribution in [-0.2, 0) is 4.79 Å². The van der Waals surface area contributed by atoms with E-state index in [2.05, 4.69) is 12.2 Å². The van der Waals surface area contributed by atoms with E-state index in [1.165, 1.54) is 0 Å². The van der Waals surface area contributed by atoms with Gasteiger partial charge in [-0.2, -0.15) is 0 Å². The number of carbonyl (C=O) groups excluding carboxylic acids is 1. The van der Waals surface area contributed by atoms with Gasteiger partial charge in [0, 0.05) is 17.4 Å². The number of aliphatic hydroxyl groups is 1. The van der Waals surface area contributed by atoms with Crippen LogP contribution in [0.5, 0.6) is 0 Å². The van der Waals surface area contributed by atoms with Crippen molar-refractivity contribution >= 4 is 5.78 Å². The Morgan fingerprint density at radius 3 is 2.57 bits per heavy atom. The minimum Gasteiger partial charge on any atom is -0.396 e. The Labute approximate surface area is 84.9 Å². The van der Waals surface area contributed by atoms with Crippen molar-refractivity contribution in [3.05, 3.63) is 0 Å². The van der Waals surface area contributed by atoms with Crippen LogP contribution in [0, 0.1) is 16.7 Å². The molecule has 2 aliphatic carbocycles. The molecule has 2 aliphatic rings. The van der Waals surface area contributed by atoms with Crippen molar-refractivity contribution in [2.75, 3.05) is 13.7 Å². The molecule has 0 amide bonds. The summed E-state index contributed by atoms with van der Waals surface area (Å²) in [6.07, 6.45) is 2.00. The number of nitrogens with one attached hydrogen (secondary N) is 1. The van der Waals surface area contributed by atoms with Crippen LogP contribution in [0.4, 0.5) is 0 Å². The van der Waals surface area contributed by atoms with Crippen molar-refractivity contribution < 1.29 is 9.90 Å². The Morgan fingerprint density at radius 2 is 2.21 bits per heavy atom. The third-order valence-corrected chi connectivity index (χ3v) is 4.90. The fraction of sp³-hybridized carbons (Fsp3) is 0.909. The minimum absolute atomic E-state index is 0.0362. The Balaban J connectivity index is 2.45. The van der Waals surface area contributed by atoms with Gasteiger partial charge in [0.1, 0.15) is 0 Å². The molecule has 14 heavy (non-hydrogen) atoms. The number of rotatable bonds is 2. The van der Waals surface area contributed by atoms with Crippen LogP contribution in [0.15, 0.2) is 0 Å². The van der Waals surface area contributed by atoms with Gasteiger partial charge >= 0.3 is 0 Å². The Morgan fingerprint density at radius 1 is 1.57 bits per heavy atom. The molecule has 0 aromatic carbocycles. The van der Waals surface area contributed by atoms with Gasteiger partial charge in [-0.1, -0.05) is 13.8 Å². The number of likely N-dealkylation sites (N-methyl/N-ethyl adjacent to an activating group) is 1. The molecule has 3 heteroatoms. The molecule has 0 aromatic rings. The summed E-state index contributed by atoms with van der Waals surface area (Å²) in [7, 11) is 1.84. The zero-order valence-corrected chi connectivity index (χ0v) is 9.13. The van der Waals surface area contributed by atoms with Crippen molar-refractivity contribution in [1.82, 2.24) is 5.32 Å². The largest absolute Gasteiger partial charge is 0.396 e. The molecular formula is C11H19NO2. The van der Waals surface area contributed by atoms with Crippen LogP contribution in [0.3, 0.4) is 0 Å². The molecule has 3 nitrogen and oxygen atoms in total. The fourth-order valence-corrected chi connectivity index (χ4v) is 3.55. The molecule has 2 fully saturated rings. The van der Waals surface area contributed by atoms with Crippen LogP contribution in [0.1, 0.15) is 26.7 Å². The summed E-state index contributed by atoms with van der Waals surface area (Å²) in [6.45, 7) is 4.20. The molecule has 2 bridgehead atoms. The highest BCUT2D eigenvalue weighted by atomic mass is 16.3. The maximum absolute atomic E-state index is 12.1. The molecule has 0 aromatic heterocycles. The number of carbonyl (C=O) groups is 1. The van der Waals surface area contributed by atoms with Crippen molar-refractivity contribution in [2.45, 2.75) is 32.7 Å². The van der Waals surface area contributed by atoms with Crippen LogP contribution in [0.25, 0.3) is 0 Å². The summed E-state index contributed by atoms with van der Waals surface area (Å²) in [6, 6.07) is -0.0362. The van der Waals surface area contributed by atoms with Gasteiger partial charge in [-0.15, -0.1) is 0 Å². The first-order valence-electron chi connectivity index (χ1n) is 5.34. The topological polar surface area (TPSA) is 49.3 Å². The lowest BCUT2D eigenvalue weighted by Crippen LogP contribution is -2.41. The van der Waals surface area contributed by atoms with Gasteiger partial charge in [0.2, 0.25) is 0 Å². The Bertz CT molecular complexity index is 278. The molecule has 80 valence electrons. The summed E-state index contributed by atoms with van der Waals surface area (Å²) in [5.41, 5.74) is -0.516. The minimum atomic E-state index is -0.305. The molecule has 0 saturated heterocycles. The maximum atomic E-state index is 12.1. The average molecular weight is 197 g/mol. The number of aliphatic hydroxyl groups excluding tert-OH is 1. The molecule has 4 atom stereocenters. The summed E-state index contributed by atoms with van der Waals surface area (Å²) >= 11 is 0. The monoisotopic (exact) mass is 197 g/mol. The van der Waals surface area contributed by atoms with Gasteiger partial charge < -0.3 is 10.4 Å². The van der Waals surface area contributed by atoms with Crippen molar-refractivity contribution in [3.8, 4) is 0 Å². The first-order valence-corrected chi connectivity index (χ1v) is 5.34. The molecule has 0 spiro atoms. The SMILES string of the molecule is CNC1C(=O)C2(C)CCC1C2(C)CO. The normalized spacial score (nSPS) is 51.6. The first kappa shape index (κ1) is 10.1. The number of hydrogen-bond donors (Lipinski definition) is 2. The van der Waals surface area contributed by atoms with Gasteiger partial charge in [0.05, 0.1) is 6.04 Å². The highest BCUT2D eigenvalue weighted by molar-refractivity contribution is 5.94. The highest BCUT2D eigenvalue weighted by Crippen LogP contribution is 2.63. The second kappa shape index (κ2) is 2.80. The van der Waals surface area contributed by atoms with E-state index in [-0.39, 0.29) is 23.5 Å². The smallest absolute Gasteiger partial charge is 0.156 e. The molecule has 4 unspecified atom stereocenters. The van der Waals surface area contributed by atoms with Gasteiger partial charge in [0.25, 0.3) is 0 Å². The lowest BCUT2D eigenvalue weighted by atomic mass is 9.69. The number of hydrogen-bond acceptors (Lipinski definition) is 3. The third-order valence-electron chi connectivity index (χ3n) is 4.90. The van der Waals surface area contributed by atoms with E-state index in [9.17, 15) is 9.90 Å². The summed E-state index contributed by atoms with van der Waals surface area (Å²) in [4.78, 5) is 12.1. The Kier molecular flexibility index (Phi) is 2.02. The highest BCUT2D eigenvalue weighted by Gasteiger charge is 2.67. The van der Waals surface area contributed by atoms with E-state index in [0.717, 1.165) is 12.8 Å². The molecule has 2 rings (SSSR count). The van der Waals surface area contributed by atoms with Gasteiger partial charge in [-0.05, 0) is 25.8 Å². The molecule has 0 radical (unpaired) electrons. The first-order chi connectivity index (χ1) is 6.51. The van der Waals surface area contributed by atoms with Crippen LogP contribution in [0.2, 0.25) is 0 Å². The van der Waals surface area contributed by atoms with E-state index >= 15 is 0 Å². The van der Waals surface area contributed by atoms with Crippen molar-refractivity contribution in [1.29, 1.82) is 0 Å². The van der Waals surface area contributed by atoms with E-state index in [0.29, 0.717) is 11.7 Å². The average Bonchev–Trinajstić information content (AvgIpc) is 2.52. The second-order valence-corrected chi connectivity index (χ2v) is 5.18. The lowest BCUT2D eigenvalue weighted by Gasteiger charge is -2.34. The van der Waals surface area contributed by atoms with Gasteiger partial charge in [-0.25, -0.2) is 0 Å². The summed E-state index contributed by atoms with van der Waals surface area (Å²) in [5.74, 6) is 0.614. The summed E-state index contributed by atoms with van der Waals surface area (Å²) < 4.78 is 0. The van der Waals surface area contributed by atoms with Crippen molar-refractivity contribution in [3.63, 3.8) is 0 Å². The van der Waals surface area contributed by atoms with E-state index in [1.807, 2.05) is 14.0 Å². The zero-order chi connectivity index (χ0) is 10.6. The fourth-order valence-electron chi connectivity index (χ4n) is 3.55. The van der Waals surface area contributed by atoms with Crippen LogP contribution < -0.4 is 5.32 Å². The molecule has 2 N–H and O–H groups in total. The number of fused-ring (bicyclic) bond motifs is 2. The third kappa shape index (κ3) is 0.829. The summed E-state index contributed by atoms with van der Waals surface area (Å²) in [5, 5.41) is 12.6. The quantitative estimate of drug-likeness (QED) is 0.680. The number of ketones is 1. The van der Waals surface area contributed by atoms with Gasteiger partial charge in [0.15, 0.2) is 5.78 Å². The van der Waals surface area contributed by atoms with E-state index in [4.69, 9.17) is 0 Å². The van der Waals surface area contributed by atoms with Crippen LogP contribution in [-0.4, -0.2) is 30.6 Å².